The molecule has 0 bridgehead atoms. The summed E-state index contributed by atoms with van der Waals surface area (Å²) in [6.07, 6.45) is 0. The van der Waals surface area contributed by atoms with Crippen LogP contribution in [0.25, 0.3) is 22.2 Å². The Kier molecular flexibility index (Phi) is 2.00. The molecule has 0 unspecified atom stereocenters. The van der Waals surface area contributed by atoms with Gasteiger partial charge in [-0.25, -0.2) is 4.39 Å². The van der Waals surface area contributed by atoms with Crippen LogP contribution in [0.5, 0.6) is 0 Å². The summed E-state index contributed by atoms with van der Waals surface area (Å²) in [6.45, 7) is 0. The number of fused-ring (bicyclic) bond motifs is 1. The first kappa shape index (κ1) is 9.16. The van der Waals surface area contributed by atoms with E-state index in [-0.39, 0.29) is 5.82 Å². The zero-order valence-corrected chi connectivity index (χ0v) is 8.50. The Bertz CT molecular complexity index is 590. The number of aromatic amines is 1. The van der Waals surface area contributed by atoms with Crippen LogP contribution in [0, 0.1) is 11.9 Å². The van der Waals surface area contributed by atoms with Gasteiger partial charge in [-0.2, -0.15) is 0 Å². The Morgan fingerprint density at radius 2 is 1.88 bits per heavy atom. The second-order valence-corrected chi connectivity index (χ2v) is 3.70. The van der Waals surface area contributed by atoms with Crippen LogP contribution in [0.2, 0.25) is 0 Å². The molecule has 1 N–H and O–H groups in total. The van der Waals surface area contributed by atoms with Crippen LogP contribution in [-0.2, 0) is 0 Å². The van der Waals surface area contributed by atoms with Crippen molar-refractivity contribution in [1.82, 2.24) is 4.98 Å². The van der Waals surface area contributed by atoms with E-state index in [0.29, 0.717) is 0 Å². The Hall–Kier alpha value is -2.09. The minimum absolute atomic E-state index is 0.215. The Morgan fingerprint density at radius 3 is 2.62 bits per heavy atom. The zero-order valence-electron chi connectivity index (χ0n) is 8.50. The summed E-state index contributed by atoms with van der Waals surface area (Å²) < 4.78 is 12.8. The SMILES string of the molecule is Fc1ccc(-c2cc3cc[c]cc3[nH]2)cc1. The minimum Gasteiger partial charge on any atom is -0.355 e. The smallest absolute Gasteiger partial charge is 0.123 e. The van der Waals surface area contributed by atoms with Gasteiger partial charge in [0.15, 0.2) is 0 Å². The lowest BCUT2D eigenvalue weighted by Crippen LogP contribution is -1.77. The number of rotatable bonds is 1. The van der Waals surface area contributed by atoms with Crippen molar-refractivity contribution in [1.29, 1.82) is 0 Å². The molecule has 0 atom stereocenters. The molecule has 0 aliphatic heterocycles. The molecular formula is C14H9FN. The van der Waals surface area contributed by atoms with E-state index in [2.05, 4.69) is 17.1 Å². The van der Waals surface area contributed by atoms with Gasteiger partial charge < -0.3 is 4.98 Å². The molecule has 1 aromatic heterocycles. The monoisotopic (exact) mass is 210 g/mol. The number of nitrogens with one attached hydrogen (secondary N) is 1. The molecule has 1 nitrogen and oxygen atoms in total. The van der Waals surface area contributed by atoms with Crippen LogP contribution in [-0.4, -0.2) is 4.98 Å². The van der Waals surface area contributed by atoms with Crippen LogP contribution in [0.3, 0.4) is 0 Å². The molecule has 2 heteroatoms. The highest BCUT2D eigenvalue weighted by atomic mass is 19.1. The standard InChI is InChI=1S/C14H9FN/c15-12-7-5-10(6-8-12)14-9-11-3-1-2-4-13(11)16-14/h1,3-9,16H. The van der Waals surface area contributed by atoms with Crippen molar-refractivity contribution in [3.8, 4) is 11.3 Å². The third-order valence-corrected chi connectivity index (χ3v) is 2.62. The molecule has 0 saturated carbocycles. The third-order valence-electron chi connectivity index (χ3n) is 2.62. The molecule has 77 valence electrons. The molecule has 3 rings (SSSR count). The van der Waals surface area contributed by atoms with Crippen molar-refractivity contribution < 1.29 is 4.39 Å². The van der Waals surface area contributed by atoms with E-state index in [4.69, 9.17) is 0 Å². The van der Waals surface area contributed by atoms with Crippen LogP contribution >= 0.6 is 0 Å². The first-order valence-electron chi connectivity index (χ1n) is 5.08. The summed E-state index contributed by atoms with van der Waals surface area (Å²) in [5, 5.41) is 1.14. The summed E-state index contributed by atoms with van der Waals surface area (Å²) in [5.74, 6) is -0.215. The van der Waals surface area contributed by atoms with E-state index in [1.807, 2.05) is 18.2 Å². The normalized spacial score (nSPS) is 10.8. The molecule has 0 aliphatic carbocycles. The van der Waals surface area contributed by atoms with Crippen LogP contribution in [0.4, 0.5) is 4.39 Å². The van der Waals surface area contributed by atoms with Crippen molar-refractivity contribution in [3.05, 3.63) is 60.4 Å². The van der Waals surface area contributed by atoms with E-state index >= 15 is 0 Å². The van der Waals surface area contributed by atoms with Gasteiger partial charge in [-0.3, -0.25) is 0 Å². The maximum Gasteiger partial charge on any atom is 0.123 e. The topological polar surface area (TPSA) is 15.8 Å². The van der Waals surface area contributed by atoms with Crippen molar-refractivity contribution in [2.75, 3.05) is 0 Å². The summed E-state index contributed by atoms with van der Waals surface area (Å²) in [7, 11) is 0. The molecule has 16 heavy (non-hydrogen) atoms. The van der Waals surface area contributed by atoms with E-state index in [0.717, 1.165) is 22.2 Å². The molecule has 2 aromatic carbocycles. The summed E-state index contributed by atoms with van der Waals surface area (Å²) >= 11 is 0. The third kappa shape index (κ3) is 1.48. The molecule has 0 aliphatic rings. The Morgan fingerprint density at radius 1 is 1.06 bits per heavy atom. The van der Waals surface area contributed by atoms with E-state index in [1.54, 1.807) is 12.1 Å². The van der Waals surface area contributed by atoms with Gasteiger partial charge in [0, 0.05) is 16.6 Å². The molecule has 0 amide bonds. The van der Waals surface area contributed by atoms with Crippen molar-refractivity contribution >= 4 is 10.9 Å². The largest absolute Gasteiger partial charge is 0.355 e. The van der Waals surface area contributed by atoms with E-state index in [1.165, 1.54) is 12.1 Å². The Labute approximate surface area is 92.5 Å². The van der Waals surface area contributed by atoms with Crippen LogP contribution in [0.1, 0.15) is 0 Å². The highest BCUT2D eigenvalue weighted by molar-refractivity contribution is 5.85. The number of halogens is 1. The average Bonchev–Trinajstić information content (AvgIpc) is 2.73. The lowest BCUT2D eigenvalue weighted by atomic mass is 10.1. The average molecular weight is 210 g/mol. The highest BCUT2D eigenvalue weighted by Gasteiger charge is 2.02. The predicted molar refractivity (Wildman–Crippen MR) is 62.5 cm³/mol. The summed E-state index contributed by atoms with van der Waals surface area (Å²) in [6, 6.07) is 17.3. The number of benzene rings is 2. The van der Waals surface area contributed by atoms with E-state index < -0.39 is 0 Å². The van der Waals surface area contributed by atoms with Gasteiger partial charge in [0.25, 0.3) is 0 Å². The van der Waals surface area contributed by atoms with Gasteiger partial charge in [-0.15, -0.1) is 0 Å². The lowest BCUT2D eigenvalue weighted by molar-refractivity contribution is 0.628. The summed E-state index contributed by atoms with van der Waals surface area (Å²) in [4.78, 5) is 3.28. The molecule has 0 spiro atoms. The zero-order chi connectivity index (χ0) is 11.0. The van der Waals surface area contributed by atoms with E-state index in [9.17, 15) is 4.39 Å². The Balaban J connectivity index is 2.15. The number of H-pyrrole nitrogens is 1. The van der Waals surface area contributed by atoms with Gasteiger partial charge in [-0.1, -0.05) is 12.1 Å². The first-order valence-corrected chi connectivity index (χ1v) is 5.08. The number of hydrogen-bond acceptors (Lipinski definition) is 0. The van der Waals surface area contributed by atoms with Gasteiger partial charge in [0.2, 0.25) is 0 Å². The van der Waals surface area contributed by atoms with Gasteiger partial charge >= 0.3 is 0 Å². The number of aromatic nitrogens is 1. The van der Waals surface area contributed by atoms with Gasteiger partial charge in [0.05, 0.1) is 0 Å². The molecule has 1 heterocycles. The molecule has 1 radical (unpaired) electrons. The second kappa shape index (κ2) is 3.49. The fourth-order valence-corrected chi connectivity index (χ4v) is 1.80. The van der Waals surface area contributed by atoms with Crippen molar-refractivity contribution in [2.45, 2.75) is 0 Å². The fraction of sp³-hybridized carbons (Fsp3) is 0. The van der Waals surface area contributed by atoms with Crippen molar-refractivity contribution in [3.63, 3.8) is 0 Å². The number of hydrogen-bond donors (Lipinski definition) is 1. The molecule has 0 saturated heterocycles. The maximum atomic E-state index is 12.8. The van der Waals surface area contributed by atoms with Gasteiger partial charge in [0.1, 0.15) is 5.82 Å². The maximum absolute atomic E-state index is 12.8. The minimum atomic E-state index is -0.215. The molecule has 3 aromatic rings. The van der Waals surface area contributed by atoms with Crippen LogP contribution < -0.4 is 0 Å². The predicted octanol–water partition coefficient (Wildman–Crippen LogP) is 3.77. The van der Waals surface area contributed by atoms with Crippen molar-refractivity contribution in [2.24, 2.45) is 0 Å². The molecular weight excluding hydrogens is 201 g/mol. The summed E-state index contributed by atoms with van der Waals surface area (Å²) in [5.41, 5.74) is 3.02. The fourth-order valence-electron chi connectivity index (χ4n) is 1.80. The first-order chi connectivity index (χ1) is 7.83. The second-order valence-electron chi connectivity index (χ2n) is 3.70. The highest BCUT2D eigenvalue weighted by Crippen LogP contribution is 2.23. The van der Waals surface area contributed by atoms with Gasteiger partial charge in [-0.05, 0) is 48.0 Å². The quantitative estimate of drug-likeness (QED) is 0.629. The lowest BCUT2D eigenvalue weighted by Gasteiger charge is -1.96. The van der Waals surface area contributed by atoms with Crippen LogP contribution in [0.15, 0.2) is 48.5 Å². The molecule has 0 fully saturated rings.